The summed E-state index contributed by atoms with van der Waals surface area (Å²) in [6, 6.07) is 15.9. The first kappa shape index (κ1) is 20.5. The van der Waals surface area contributed by atoms with Gasteiger partial charge in [-0.15, -0.1) is 13.2 Å². The number of nitrogens with zero attached hydrogens (tertiary/aromatic N) is 1. The molecule has 4 rings (SSSR count). The zero-order valence-electron chi connectivity index (χ0n) is 16.6. The van der Waals surface area contributed by atoms with E-state index >= 15 is 0 Å². The maximum Gasteiger partial charge on any atom is 0.573 e. The Balaban J connectivity index is 1.75. The number of aromatic amines is 1. The van der Waals surface area contributed by atoms with Gasteiger partial charge in [-0.05, 0) is 55.5 Å². The molecule has 2 aromatic carbocycles. The van der Waals surface area contributed by atoms with Gasteiger partial charge >= 0.3 is 6.36 Å². The molecule has 158 valence electrons. The summed E-state index contributed by atoms with van der Waals surface area (Å²) >= 11 is 0. The van der Waals surface area contributed by atoms with Crippen molar-refractivity contribution in [3.05, 3.63) is 76.5 Å². The number of nitrogens with one attached hydrogen (secondary N) is 1. The number of methoxy groups -OCH3 is 1. The maximum atomic E-state index is 12.8. The third-order valence-corrected chi connectivity index (χ3v) is 4.84. The highest BCUT2D eigenvalue weighted by Crippen LogP contribution is 2.28. The summed E-state index contributed by atoms with van der Waals surface area (Å²) in [6.45, 7) is 1.72. The molecule has 0 fully saturated rings. The summed E-state index contributed by atoms with van der Waals surface area (Å²) in [5.41, 5.74) is 3.26. The summed E-state index contributed by atoms with van der Waals surface area (Å²) < 4.78 is 46.2. The fourth-order valence-electron chi connectivity index (χ4n) is 3.31. The van der Waals surface area contributed by atoms with Crippen LogP contribution in [0.4, 0.5) is 13.2 Å². The van der Waals surface area contributed by atoms with Gasteiger partial charge < -0.3 is 14.5 Å². The van der Waals surface area contributed by atoms with Crippen LogP contribution in [0.15, 0.2) is 65.5 Å². The SMILES string of the molecule is COc1ccc2c(=O)c(C)c(-c3cccc(-c4ccc(OC(F)(F)F)cc4)n3)[nH]c2c1. The monoisotopic (exact) mass is 426 g/mol. The number of fused-ring (bicyclic) bond motifs is 1. The van der Waals surface area contributed by atoms with Crippen LogP contribution in [0.5, 0.6) is 11.5 Å². The number of pyridine rings is 2. The number of rotatable bonds is 4. The molecule has 8 heteroatoms. The van der Waals surface area contributed by atoms with Crippen LogP contribution in [0.1, 0.15) is 5.56 Å². The average Bonchev–Trinajstić information content (AvgIpc) is 2.75. The smallest absolute Gasteiger partial charge is 0.497 e. The number of hydrogen-bond donors (Lipinski definition) is 1. The summed E-state index contributed by atoms with van der Waals surface area (Å²) in [4.78, 5) is 20.7. The number of H-pyrrole nitrogens is 1. The van der Waals surface area contributed by atoms with Gasteiger partial charge in [0.1, 0.15) is 11.5 Å². The normalized spacial score (nSPS) is 11.5. The highest BCUT2D eigenvalue weighted by Gasteiger charge is 2.31. The van der Waals surface area contributed by atoms with Gasteiger partial charge in [-0.1, -0.05) is 6.07 Å². The minimum atomic E-state index is -4.75. The number of hydrogen-bond acceptors (Lipinski definition) is 4. The Bertz CT molecular complexity index is 1310. The molecular formula is C23H17F3N2O3. The van der Waals surface area contributed by atoms with Gasteiger partial charge in [-0.2, -0.15) is 0 Å². The molecule has 0 radical (unpaired) electrons. The second kappa shape index (κ2) is 7.79. The first-order valence-corrected chi connectivity index (χ1v) is 9.29. The minimum Gasteiger partial charge on any atom is -0.497 e. The molecule has 2 heterocycles. The summed E-state index contributed by atoms with van der Waals surface area (Å²) in [5, 5.41) is 0.540. The highest BCUT2D eigenvalue weighted by atomic mass is 19.4. The second-order valence-corrected chi connectivity index (χ2v) is 6.85. The molecule has 0 aliphatic heterocycles. The van der Waals surface area contributed by atoms with E-state index in [1.54, 1.807) is 50.4 Å². The van der Waals surface area contributed by atoms with E-state index in [1.807, 2.05) is 0 Å². The molecule has 0 aliphatic carbocycles. The van der Waals surface area contributed by atoms with Crippen LogP contribution in [0.2, 0.25) is 0 Å². The average molecular weight is 426 g/mol. The lowest BCUT2D eigenvalue weighted by atomic mass is 10.1. The molecule has 1 N–H and O–H groups in total. The lowest BCUT2D eigenvalue weighted by Gasteiger charge is -2.11. The van der Waals surface area contributed by atoms with Gasteiger partial charge in [-0.25, -0.2) is 4.98 Å². The standard InChI is InChI=1S/C23H17F3N2O3/c1-13-21(28-20-12-16(30-2)10-11-17(20)22(13)29)19-5-3-4-18(27-19)14-6-8-15(9-7-14)31-23(24,25)26/h3-12H,1-2H3,(H,28,29). The van der Waals surface area contributed by atoms with Gasteiger partial charge in [0.15, 0.2) is 5.43 Å². The van der Waals surface area contributed by atoms with Crippen molar-refractivity contribution in [2.75, 3.05) is 7.11 Å². The van der Waals surface area contributed by atoms with E-state index in [4.69, 9.17) is 4.74 Å². The third kappa shape index (κ3) is 4.23. The van der Waals surface area contributed by atoms with Crippen LogP contribution < -0.4 is 14.9 Å². The molecule has 0 aliphatic rings. The van der Waals surface area contributed by atoms with Crippen LogP contribution >= 0.6 is 0 Å². The molecule has 0 amide bonds. The zero-order chi connectivity index (χ0) is 22.2. The van der Waals surface area contributed by atoms with Gasteiger partial charge in [-0.3, -0.25) is 4.79 Å². The largest absolute Gasteiger partial charge is 0.573 e. The summed E-state index contributed by atoms with van der Waals surface area (Å²) in [5.74, 6) is 0.303. The molecule has 0 spiro atoms. The van der Waals surface area contributed by atoms with Crippen molar-refractivity contribution < 1.29 is 22.6 Å². The topological polar surface area (TPSA) is 64.2 Å². The Morgan fingerprint density at radius 2 is 1.61 bits per heavy atom. The Morgan fingerprint density at radius 3 is 2.29 bits per heavy atom. The molecule has 0 atom stereocenters. The first-order valence-electron chi connectivity index (χ1n) is 9.29. The van der Waals surface area contributed by atoms with Crippen molar-refractivity contribution in [2.24, 2.45) is 0 Å². The van der Waals surface area contributed by atoms with Crippen LogP contribution in [-0.2, 0) is 0 Å². The Morgan fingerprint density at radius 1 is 0.935 bits per heavy atom. The fourth-order valence-corrected chi connectivity index (χ4v) is 3.31. The van der Waals surface area contributed by atoms with Crippen molar-refractivity contribution in [1.29, 1.82) is 0 Å². The highest BCUT2D eigenvalue weighted by molar-refractivity contribution is 5.84. The first-order chi connectivity index (χ1) is 14.7. The molecule has 0 saturated carbocycles. The minimum absolute atomic E-state index is 0.118. The van der Waals surface area contributed by atoms with E-state index in [1.165, 1.54) is 24.3 Å². The van der Waals surface area contributed by atoms with Crippen molar-refractivity contribution in [3.8, 4) is 34.1 Å². The molecule has 4 aromatic rings. The van der Waals surface area contributed by atoms with Crippen LogP contribution in [-0.4, -0.2) is 23.4 Å². The van der Waals surface area contributed by atoms with E-state index in [0.29, 0.717) is 44.9 Å². The molecule has 2 aromatic heterocycles. The molecule has 31 heavy (non-hydrogen) atoms. The van der Waals surface area contributed by atoms with E-state index < -0.39 is 6.36 Å². The molecule has 5 nitrogen and oxygen atoms in total. The predicted octanol–water partition coefficient (Wildman–Crippen LogP) is 5.47. The Labute approximate surface area is 175 Å². The van der Waals surface area contributed by atoms with E-state index in [0.717, 1.165) is 0 Å². The van der Waals surface area contributed by atoms with E-state index in [-0.39, 0.29) is 11.2 Å². The predicted molar refractivity (Wildman–Crippen MR) is 111 cm³/mol. The molecular weight excluding hydrogens is 409 g/mol. The molecule has 0 bridgehead atoms. The Kier molecular flexibility index (Phi) is 5.14. The number of aromatic nitrogens is 2. The maximum absolute atomic E-state index is 12.8. The van der Waals surface area contributed by atoms with Crippen molar-refractivity contribution >= 4 is 10.9 Å². The van der Waals surface area contributed by atoms with Gasteiger partial charge in [0.2, 0.25) is 0 Å². The quantitative estimate of drug-likeness (QED) is 0.470. The summed E-state index contributed by atoms with van der Waals surface area (Å²) in [7, 11) is 1.55. The van der Waals surface area contributed by atoms with Gasteiger partial charge in [0.25, 0.3) is 0 Å². The van der Waals surface area contributed by atoms with Crippen LogP contribution in [0.3, 0.4) is 0 Å². The molecule has 0 unspecified atom stereocenters. The molecule has 0 saturated heterocycles. The lowest BCUT2D eigenvalue weighted by molar-refractivity contribution is -0.274. The third-order valence-electron chi connectivity index (χ3n) is 4.84. The van der Waals surface area contributed by atoms with Gasteiger partial charge in [0, 0.05) is 22.6 Å². The lowest BCUT2D eigenvalue weighted by Crippen LogP contribution is -2.16. The van der Waals surface area contributed by atoms with Crippen LogP contribution in [0.25, 0.3) is 33.5 Å². The van der Waals surface area contributed by atoms with Crippen LogP contribution in [0, 0.1) is 6.92 Å². The Hall–Kier alpha value is -3.81. The van der Waals surface area contributed by atoms with Gasteiger partial charge in [0.05, 0.1) is 29.7 Å². The van der Waals surface area contributed by atoms with Crippen molar-refractivity contribution in [1.82, 2.24) is 9.97 Å². The summed E-state index contributed by atoms with van der Waals surface area (Å²) in [6.07, 6.45) is -4.75. The van der Waals surface area contributed by atoms with Crippen molar-refractivity contribution in [3.63, 3.8) is 0 Å². The number of ether oxygens (including phenoxy) is 2. The number of halogens is 3. The number of alkyl halides is 3. The number of benzene rings is 2. The zero-order valence-corrected chi connectivity index (χ0v) is 16.6. The van der Waals surface area contributed by atoms with E-state index in [9.17, 15) is 18.0 Å². The fraction of sp³-hybridized carbons (Fsp3) is 0.130. The van der Waals surface area contributed by atoms with Crippen molar-refractivity contribution in [2.45, 2.75) is 13.3 Å². The second-order valence-electron chi connectivity index (χ2n) is 6.85. The van der Waals surface area contributed by atoms with E-state index in [2.05, 4.69) is 14.7 Å².